The monoisotopic (exact) mass is 255 g/mol. The number of methoxy groups -OCH3 is 2. The predicted molar refractivity (Wildman–Crippen MR) is 69.3 cm³/mol. The average Bonchev–Trinajstić information content (AvgIpc) is 3.00. The minimum atomic E-state index is 0.275. The highest BCUT2D eigenvalue weighted by Gasteiger charge is 2.44. The van der Waals surface area contributed by atoms with Gasteiger partial charge in [-0.1, -0.05) is 6.42 Å². The second kappa shape index (κ2) is 6.53. The topological polar surface area (TPSA) is 38.8 Å². The van der Waals surface area contributed by atoms with Crippen LogP contribution in [0.5, 0.6) is 0 Å². The largest absolute Gasteiger partial charge is 0.383 e. The van der Waals surface area contributed by atoms with Gasteiger partial charge in [-0.2, -0.15) is 0 Å². The number of carbonyl (C=O) groups is 1. The lowest BCUT2D eigenvalue weighted by molar-refractivity contribution is -0.138. The quantitative estimate of drug-likeness (QED) is 0.693. The van der Waals surface area contributed by atoms with Crippen LogP contribution in [0.3, 0.4) is 0 Å². The first-order chi connectivity index (χ1) is 8.76. The number of carbonyl (C=O) groups excluding carboxylic acids is 1. The van der Waals surface area contributed by atoms with Crippen LogP contribution in [0, 0.1) is 17.8 Å². The molecule has 2 saturated carbocycles. The van der Waals surface area contributed by atoms with Crippen molar-refractivity contribution in [1.29, 1.82) is 0 Å². The molecule has 2 aliphatic rings. The summed E-state index contributed by atoms with van der Waals surface area (Å²) in [5.74, 6) is 2.07. The van der Waals surface area contributed by atoms with E-state index in [1.165, 1.54) is 19.3 Å². The SMILES string of the molecule is COCCN(CCOC)C(=O)C1CC2CCC1C2. The molecule has 0 saturated heterocycles. The summed E-state index contributed by atoms with van der Waals surface area (Å²) in [4.78, 5) is 14.5. The summed E-state index contributed by atoms with van der Waals surface area (Å²) >= 11 is 0. The lowest BCUT2D eigenvalue weighted by Crippen LogP contribution is -2.41. The second-order valence-corrected chi connectivity index (χ2v) is 5.59. The molecule has 4 heteroatoms. The summed E-state index contributed by atoms with van der Waals surface area (Å²) in [6.45, 7) is 2.59. The molecule has 2 rings (SSSR count). The fourth-order valence-corrected chi connectivity index (χ4v) is 3.52. The summed E-state index contributed by atoms with van der Waals surface area (Å²) in [5.41, 5.74) is 0. The highest BCUT2D eigenvalue weighted by Crippen LogP contribution is 2.48. The van der Waals surface area contributed by atoms with Crippen molar-refractivity contribution in [1.82, 2.24) is 4.90 Å². The molecule has 0 N–H and O–H groups in total. The molecule has 2 fully saturated rings. The van der Waals surface area contributed by atoms with Crippen LogP contribution >= 0.6 is 0 Å². The minimum absolute atomic E-state index is 0.275. The Balaban J connectivity index is 1.89. The molecule has 104 valence electrons. The number of hydrogen-bond acceptors (Lipinski definition) is 3. The molecule has 18 heavy (non-hydrogen) atoms. The van der Waals surface area contributed by atoms with Crippen molar-refractivity contribution in [2.24, 2.45) is 17.8 Å². The third-order valence-corrected chi connectivity index (χ3v) is 4.50. The van der Waals surface area contributed by atoms with Gasteiger partial charge in [0, 0.05) is 33.2 Å². The van der Waals surface area contributed by atoms with Gasteiger partial charge in [0.2, 0.25) is 5.91 Å². The molecule has 0 aromatic heterocycles. The van der Waals surface area contributed by atoms with Crippen LogP contribution in [0.4, 0.5) is 0 Å². The number of amides is 1. The van der Waals surface area contributed by atoms with E-state index in [0.717, 1.165) is 12.3 Å². The van der Waals surface area contributed by atoms with E-state index < -0.39 is 0 Å². The first kappa shape index (κ1) is 13.8. The van der Waals surface area contributed by atoms with Crippen LogP contribution in [0.2, 0.25) is 0 Å². The van der Waals surface area contributed by atoms with Gasteiger partial charge in [-0.15, -0.1) is 0 Å². The van der Waals surface area contributed by atoms with Gasteiger partial charge in [-0.05, 0) is 31.1 Å². The van der Waals surface area contributed by atoms with Crippen LogP contribution in [-0.2, 0) is 14.3 Å². The maximum absolute atomic E-state index is 12.6. The van der Waals surface area contributed by atoms with Gasteiger partial charge in [-0.25, -0.2) is 0 Å². The third-order valence-electron chi connectivity index (χ3n) is 4.50. The van der Waals surface area contributed by atoms with Crippen LogP contribution in [0.1, 0.15) is 25.7 Å². The number of hydrogen-bond donors (Lipinski definition) is 0. The van der Waals surface area contributed by atoms with E-state index in [1.54, 1.807) is 14.2 Å². The standard InChI is InChI=1S/C14H25NO3/c1-17-7-5-15(6-8-18-2)14(16)13-10-11-3-4-12(13)9-11/h11-13H,3-10H2,1-2H3. The van der Waals surface area contributed by atoms with Crippen LogP contribution in [0.15, 0.2) is 0 Å². The Hall–Kier alpha value is -0.610. The molecule has 1 amide bonds. The Morgan fingerprint density at radius 3 is 2.22 bits per heavy atom. The maximum Gasteiger partial charge on any atom is 0.226 e. The van der Waals surface area contributed by atoms with E-state index >= 15 is 0 Å². The van der Waals surface area contributed by atoms with E-state index in [0.29, 0.717) is 38.1 Å². The van der Waals surface area contributed by atoms with Crippen molar-refractivity contribution in [2.45, 2.75) is 25.7 Å². The van der Waals surface area contributed by atoms with Crippen LogP contribution in [-0.4, -0.2) is 51.3 Å². The van der Waals surface area contributed by atoms with Gasteiger partial charge in [0.25, 0.3) is 0 Å². The summed E-state index contributed by atoms with van der Waals surface area (Å²) in [7, 11) is 3.35. The predicted octanol–water partition coefficient (Wildman–Crippen LogP) is 1.54. The van der Waals surface area contributed by atoms with E-state index in [-0.39, 0.29) is 5.92 Å². The van der Waals surface area contributed by atoms with Crippen molar-refractivity contribution in [3.63, 3.8) is 0 Å². The zero-order valence-corrected chi connectivity index (χ0v) is 11.6. The van der Waals surface area contributed by atoms with E-state index in [2.05, 4.69) is 0 Å². The molecular formula is C14H25NO3. The third kappa shape index (κ3) is 3.04. The first-order valence-electron chi connectivity index (χ1n) is 7.03. The molecule has 0 aliphatic heterocycles. The van der Waals surface area contributed by atoms with Gasteiger partial charge in [0.1, 0.15) is 0 Å². The molecule has 2 aliphatic carbocycles. The van der Waals surface area contributed by atoms with Gasteiger partial charge in [0.15, 0.2) is 0 Å². The number of fused-ring (bicyclic) bond motifs is 2. The lowest BCUT2D eigenvalue weighted by Gasteiger charge is -2.29. The molecule has 0 aromatic rings. The Labute approximate surface area is 110 Å². The van der Waals surface area contributed by atoms with Crippen molar-refractivity contribution in [3.05, 3.63) is 0 Å². The van der Waals surface area contributed by atoms with Crippen LogP contribution < -0.4 is 0 Å². The summed E-state index contributed by atoms with van der Waals surface area (Å²) in [6, 6.07) is 0. The first-order valence-corrected chi connectivity index (χ1v) is 7.03. The van der Waals surface area contributed by atoms with Gasteiger partial charge < -0.3 is 14.4 Å². The molecule has 3 atom stereocenters. The molecule has 4 nitrogen and oxygen atoms in total. The molecule has 0 spiro atoms. The highest BCUT2D eigenvalue weighted by molar-refractivity contribution is 5.79. The minimum Gasteiger partial charge on any atom is -0.383 e. The van der Waals surface area contributed by atoms with Crippen molar-refractivity contribution in [2.75, 3.05) is 40.5 Å². The highest BCUT2D eigenvalue weighted by atomic mass is 16.5. The number of rotatable bonds is 7. The van der Waals surface area contributed by atoms with Gasteiger partial charge in [-0.3, -0.25) is 4.79 Å². The van der Waals surface area contributed by atoms with Crippen molar-refractivity contribution in [3.8, 4) is 0 Å². The molecule has 0 radical (unpaired) electrons. The van der Waals surface area contributed by atoms with Crippen molar-refractivity contribution < 1.29 is 14.3 Å². The van der Waals surface area contributed by atoms with Crippen molar-refractivity contribution >= 4 is 5.91 Å². The number of ether oxygens (including phenoxy) is 2. The molecular weight excluding hydrogens is 230 g/mol. The smallest absolute Gasteiger partial charge is 0.226 e. The van der Waals surface area contributed by atoms with E-state index in [1.807, 2.05) is 4.90 Å². The molecule has 0 aromatic carbocycles. The summed E-state index contributed by atoms with van der Waals surface area (Å²) in [5, 5.41) is 0. The zero-order chi connectivity index (χ0) is 13.0. The number of nitrogens with zero attached hydrogens (tertiary/aromatic N) is 1. The molecule has 2 bridgehead atoms. The Bertz CT molecular complexity index is 274. The normalized spacial score (nSPS) is 29.8. The second-order valence-electron chi connectivity index (χ2n) is 5.59. The maximum atomic E-state index is 12.6. The molecule has 3 unspecified atom stereocenters. The Kier molecular flexibility index (Phi) is 5.01. The van der Waals surface area contributed by atoms with Gasteiger partial charge in [0.05, 0.1) is 13.2 Å². The summed E-state index contributed by atoms with van der Waals surface area (Å²) < 4.78 is 10.2. The van der Waals surface area contributed by atoms with E-state index in [9.17, 15) is 4.79 Å². The van der Waals surface area contributed by atoms with E-state index in [4.69, 9.17) is 9.47 Å². The Morgan fingerprint density at radius 2 is 1.78 bits per heavy atom. The Morgan fingerprint density at radius 1 is 1.11 bits per heavy atom. The molecule has 0 heterocycles. The fraction of sp³-hybridized carbons (Fsp3) is 0.929. The average molecular weight is 255 g/mol. The lowest BCUT2D eigenvalue weighted by atomic mass is 9.88. The zero-order valence-electron chi connectivity index (χ0n) is 11.6. The summed E-state index contributed by atoms with van der Waals surface area (Å²) in [6.07, 6.45) is 4.98. The fourth-order valence-electron chi connectivity index (χ4n) is 3.52. The van der Waals surface area contributed by atoms with Crippen LogP contribution in [0.25, 0.3) is 0 Å². The van der Waals surface area contributed by atoms with Gasteiger partial charge >= 0.3 is 0 Å².